The SMILES string of the molecule is CCCOC(=O)c1cccc(NC(=O)CSc2nnc([C@H](C)NC(=O)c3ccc(Cl)cc3)n2CC)c1. The number of esters is 1. The maximum Gasteiger partial charge on any atom is 0.338 e. The van der Waals surface area contributed by atoms with Crippen molar-refractivity contribution >= 4 is 46.8 Å². The lowest BCUT2D eigenvalue weighted by Gasteiger charge is -2.15. The second-order valence-corrected chi connectivity index (χ2v) is 9.22. The molecule has 0 fully saturated rings. The summed E-state index contributed by atoms with van der Waals surface area (Å²) in [5.41, 5.74) is 1.37. The number of aromatic nitrogens is 3. The maximum absolute atomic E-state index is 12.6. The number of ether oxygens (including phenoxy) is 1. The molecule has 9 nitrogen and oxygen atoms in total. The van der Waals surface area contributed by atoms with Gasteiger partial charge in [-0.05, 0) is 62.7 Å². The fourth-order valence-corrected chi connectivity index (χ4v) is 4.23. The van der Waals surface area contributed by atoms with Crippen molar-refractivity contribution in [3.63, 3.8) is 0 Å². The average Bonchev–Trinajstić information content (AvgIpc) is 3.29. The quantitative estimate of drug-likeness (QED) is 0.272. The first kappa shape index (κ1) is 27.2. The lowest BCUT2D eigenvalue weighted by molar-refractivity contribution is -0.113. The highest BCUT2D eigenvalue weighted by Crippen LogP contribution is 2.22. The van der Waals surface area contributed by atoms with Crippen molar-refractivity contribution in [1.82, 2.24) is 20.1 Å². The van der Waals surface area contributed by atoms with Gasteiger partial charge in [0.1, 0.15) is 0 Å². The van der Waals surface area contributed by atoms with E-state index < -0.39 is 12.0 Å². The zero-order valence-corrected chi connectivity index (χ0v) is 21.9. The van der Waals surface area contributed by atoms with Gasteiger partial charge in [-0.15, -0.1) is 10.2 Å². The molecule has 3 aromatic rings. The van der Waals surface area contributed by atoms with Gasteiger partial charge in [-0.1, -0.05) is 36.4 Å². The fourth-order valence-electron chi connectivity index (χ4n) is 3.30. The van der Waals surface area contributed by atoms with Crippen LogP contribution in [-0.2, 0) is 16.1 Å². The number of carbonyl (C=O) groups is 3. The van der Waals surface area contributed by atoms with E-state index in [1.54, 1.807) is 48.5 Å². The Kier molecular flexibility index (Phi) is 9.89. The van der Waals surface area contributed by atoms with Crippen molar-refractivity contribution in [2.75, 3.05) is 17.7 Å². The second-order valence-electron chi connectivity index (χ2n) is 7.84. The molecule has 11 heteroatoms. The Morgan fingerprint density at radius 2 is 1.83 bits per heavy atom. The minimum Gasteiger partial charge on any atom is -0.462 e. The molecule has 0 aliphatic heterocycles. The summed E-state index contributed by atoms with van der Waals surface area (Å²) in [5, 5.41) is 15.3. The highest BCUT2D eigenvalue weighted by Gasteiger charge is 2.20. The third kappa shape index (κ3) is 7.32. The van der Waals surface area contributed by atoms with Crippen LogP contribution >= 0.6 is 23.4 Å². The summed E-state index contributed by atoms with van der Waals surface area (Å²) < 4.78 is 6.99. The summed E-state index contributed by atoms with van der Waals surface area (Å²) in [6.07, 6.45) is 0.733. The fraction of sp³-hybridized carbons (Fsp3) is 0.320. The molecule has 0 spiro atoms. The number of hydrogen-bond donors (Lipinski definition) is 2. The number of benzene rings is 2. The van der Waals surface area contributed by atoms with E-state index in [1.165, 1.54) is 11.8 Å². The van der Waals surface area contributed by atoms with E-state index in [9.17, 15) is 14.4 Å². The van der Waals surface area contributed by atoms with E-state index in [-0.39, 0.29) is 17.6 Å². The molecule has 1 heterocycles. The first-order valence-electron chi connectivity index (χ1n) is 11.5. The van der Waals surface area contributed by atoms with Crippen molar-refractivity contribution in [2.24, 2.45) is 0 Å². The van der Waals surface area contributed by atoms with Gasteiger partial charge < -0.3 is 19.9 Å². The number of hydrogen-bond acceptors (Lipinski definition) is 7. The smallest absolute Gasteiger partial charge is 0.338 e. The van der Waals surface area contributed by atoms with Crippen molar-refractivity contribution in [2.45, 2.75) is 44.9 Å². The maximum atomic E-state index is 12.6. The molecule has 0 unspecified atom stereocenters. The zero-order chi connectivity index (χ0) is 26.1. The Hall–Kier alpha value is -3.37. The molecule has 2 amide bonds. The Labute approximate surface area is 219 Å². The van der Waals surface area contributed by atoms with Crippen LogP contribution in [0.1, 0.15) is 59.8 Å². The number of rotatable bonds is 11. The predicted molar refractivity (Wildman–Crippen MR) is 139 cm³/mol. The lowest BCUT2D eigenvalue weighted by Crippen LogP contribution is -2.28. The molecule has 0 saturated carbocycles. The van der Waals surface area contributed by atoms with Crippen LogP contribution in [0.2, 0.25) is 5.02 Å². The topological polar surface area (TPSA) is 115 Å². The van der Waals surface area contributed by atoms with Gasteiger partial charge in [-0.3, -0.25) is 9.59 Å². The van der Waals surface area contributed by atoms with Gasteiger partial charge in [0.25, 0.3) is 5.91 Å². The van der Waals surface area contributed by atoms with Gasteiger partial charge in [0.2, 0.25) is 5.91 Å². The predicted octanol–water partition coefficient (Wildman–Crippen LogP) is 4.74. The van der Waals surface area contributed by atoms with Gasteiger partial charge in [0.05, 0.1) is 24.0 Å². The van der Waals surface area contributed by atoms with Gasteiger partial charge in [0, 0.05) is 22.8 Å². The summed E-state index contributed by atoms with van der Waals surface area (Å²) >= 11 is 7.12. The highest BCUT2D eigenvalue weighted by atomic mass is 35.5. The van der Waals surface area contributed by atoms with Crippen LogP contribution in [0.3, 0.4) is 0 Å². The standard InChI is InChI=1S/C25H28ClN5O4S/c1-4-13-35-24(34)18-7-6-8-20(14-18)28-21(32)15-36-25-30-29-22(31(25)5-2)16(3)27-23(33)17-9-11-19(26)12-10-17/h6-12,14,16H,4-5,13,15H2,1-3H3,(H,27,33)(H,28,32)/t16-/m0/s1. The second kappa shape index (κ2) is 13.1. The summed E-state index contributed by atoms with van der Waals surface area (Å²) in [5.74, 6) is -0.257. The molecule has 1 atom stereocenters. The highest BCUT2D eigenvalue weighted by molar-refractivity contribution is 7.99. The number of carbonyl (C=O) groups excluding carboxylic acids is 3. The molecule has 0 aliphatic carbocycles. The molecule has 2 aromatic carbocycles. The lowest BCUT2D eigenvalue weighted by atomic mass is 10.2. The van der Waals surface area contributed by atoms with Crippen LogP contribution in [0.5, 0.6) is 0 Å². The summed E-state index contributed by atoms with van der Waals surface area (Å²) in [4.78, 5) is 37.1. The average molecular weight is 530 g/mol. The minimum absolute atomic E-state index is 0.0914. The molecule has 3 rings (SSSR count). The summed E-state index contributed by atoms with van der Waals surface area (Å²) in [6.45, 7) is 6.59. The summed E-state index contributed by atoms with van der Waals surface area (Å²) in [7, 11) is 0. The van der Waals surface area contributed by atoms with E-state index in [0.29, 0.717) is 46.0 Å². The number of thioether (sulfide) groups is 1. The third-order valence-electron chi connectivity index (χ3n) is 5.05. The Morgan fingerprint density at radius 1 is 1.08 bits per heavy atom. The minimum atomic E-state index is -0.428. The first-order valence-corrected chi connectivity index (χ1v) is 12.9. The van der Waals surface area contributed by atoms with Crippen LogP contribution in [0, 0.1) is 0 Å². The van der Waals surface area contributed by atoms with E-state index in [1.807, 2.05) is 25.3 Å². The number of nitrogens with zero attached hydrogens (tertiary/aromatic N) is 3. The van der Waals surface area contributed by atoms with Crippen molar-refractivity contribution in [1.29, 1.82) is 0 Å². The Morgan fingerprint density at radius 3 is 2.53 bits per heavy atom. The molecule has 36 heavy (non-hydrogen) atoms. The molecular weight excluding hydrogens is 502 g/mol. The zero-order valence-electron chi connectivity index (χ0n) is 20.3. The summed E-state index contributed by atoms with van der Waals surface area (Å²) in [6, 6.07) is 12.8. The largest absolute Gasteiger partial charge is 0.462 e. The Balaban J connectivity index is 1.59. The van der Waals surface area contributed by atoms with Gasteiger partial charge in [0.15, 0.2) is 11.0 Å². The molecule has 0 aliphatic rings. The van der Waals surface area contributed by atoms with E-state index in [4.69, 9.17) is 16.3 Å². The van der Waals surface area contributed by atoms with Crippen LogP contribution in [0.15, 0.2) is 53.7 Å². The normalized spacial score (nSPS) is 11.6. The van der Waals surface area contributed by atoms with Crippen molar-refractivity contribution in [3.8, 4) is 0 Å². The molecule has 190 valence electrons. The molecule has 0 bridgehead atoms. The molecule has 0 saturated heterocycles. The van der Waals surface area contributed by atoms with Gasteiger partial charge in [-0.2, -0.15) is 0 Å². The van der Waals surface area contributed by atoms with Gasteiger partial charge in [-0.25, -0.2) is 4.79 Å². The molecule has 2 N–H and O–H groups in total. The number of amides is 2. The number of halogens is 1. The van der Waals surface area contributed by atoms with Crippen LogP contribution < -0.4 is 10.6 Å². The molecule has 1 aromatic heterocycles. The third-order valence-corrected chi connectivity index (χ3v) is 6.27. The van der Waals surface area contributed by atoms with Crippen LogP contribution in [0.25, 0.3) is 0 Å². The van der Waals surface area contributed by atoms with E-state index >= 15 is 0 Å². The number of nitrogens with one attached hydrogen (secondary N) is 2. The first-order chi connectivity index (χ1) is 17.3. The van der Waals surface area contributed by atoms with Crippen molar-refractivity contribution in [3.05, 3.63) is 70.5 Å². The monoisotopic (exact) mass is 529 g/mol. The van der Waals surface area contributed by atoms with Crippen LogP contribution in [-0.4, -0.2) is 44.9 Å². The van der Waals surface area contributed by atoms with E-state index in [0.717, 1.165) is 6.42 Å². The van der Waals surface area contributed by atoms with Crippen molar-refractivity contribution < 1.29 is 19.1 Å². The van der Waals surface area contributed by atoms with E-state index in [2.05, 4.69) is 20.8 Å². The molecule has 0 radical (unpaired) electrons. The van der Waals surface area contributed by atoms with Gasteiger partial charge >= 0.3 is 5.97 Å². The van der Waals surface area contributed by atoms with Crippen LogP contribution in [0.4, 0.5) is 5.69 Å². The number of anilines is 1. The molecular formula is C25H28ClN5O4S. The Bertz CT molecular complexity index is 1220.